The molecule has 1 aromatic rings. The van der Waals surface area contributed by atoms with Gasteiger partial charge >= 0.3 is 0 Å². The molecule has 0 aromatic carbocycles. The normalized spacial score (nSPS) is 19.6. The van der Waals surface area contributed by atoms with Gasteiger partial charge in [0.15, 0.2) is 0 Å². The van der Waals surface area contributed by atoms with E-state index in [0.29, 0.717) is 24.6 Å². The van der Waals surface area contributed by atoms with E-state index < -0.39 is 0 Å². The number of nitrogens with zero attached hydrogens (tertiary/aromatic N) is 3. The smallest absolute Gasteiger partial charge is 0.254 e. The van der Waals surface area contributed by atoms with Crippen molar-refractivity contribution in [1.82, 2.24) is 14.8 Å². The van der Waals surface area contributed by atoms with E-state index in [1.165, 1.54) is 0 Å². The van der Waals surface area contributed by atoms with Crippen LogP contribution in [0.2, 0.25) is 0 Å². The molecule has 0 spiro atoms. The van der Waals surface area contributed by atoms with Crippen LogP contribution in [0, 0.1) is 0 Å². The molecule has 104 valence electrons. The van der Waals surface area contributed by atoms with Crippen LogP contribution >= 0.6 is 0 Å². The predicted octanol–water partition coefficient (Wildman–Crippen LogP) is 0.359. The molecule has 0 aliphatic carbocycles. The summed E-state index contributed by atoms with van der Waals surface area (Å²) >= 11 is 0. The fourth-order valence-electron chi connectivity index (χ4n) is 2.49. The Morgan fingerprint density at radius 2 is 2.42 bits per heavy atom. The second-order valence-corrected chi connectivity index (χ2v) is 5.20. The summed E-state index contributed by atoms with van der Waals surface area (Å²) in [6.45, 7) is 2.55. The molecule has 2 rings (SSSR count). The topological polar surface area (TPSA) is 62.5 Å². The minimum Gasteiger partial charge on any atom is -0.337 e. The van der Waals surface area contributed by atoms with E-state index in [-0.39, 0.29) is 5.91 Å². The zero-order valence-corrected chi connectivity index (χ0v) is 11.7. The molecular formula is C14H22N4O. The molecule has 5 nitrogen and oxygen atoms in total. The van der Waals surface area contributed by atoms with Gasteiger partial charge in [0.1, 0.15) is 0 Å². The molecular weight excluding hydrogens is 240 g/mol. The van der Waals surface area contributed by atoms with Crippen LogP contribution in [0.15, 0.2) is 18.3 Å². The minimum absolute atomic E-state index is 0.0703. The Kier molecular flexibility index (Phi) is 4.50. The Hall–Kier alpha value is -1.46. The lowest BCUT2D eigenvalue weighted by Gasteiger charge is -2.24. The van der Waals surface area contributed by atoms with Gasteiger partial charge in [-0.2, -0.15) is 0 Å². The first-order chi connectivity index (χ1) is 9.11. The average molecular weight is 262 g/mol. The zero-order chi connectivity index (χ0) is 13.8. The van der Waals surface area contributed by atoms with E-state index in [1.54, 1.807) is 12.3 Å². The molecule has 1 aromatic heterocycles. The first-order valence-corrected chi connectivity index (χ1v) is 6.72. The number of carbonyl (C=O) groups is 1. The number of likely N-dealkylation sites (N-methyl/N-ethyl adjacent to an activating group) is 2. The molecule has 1 fully saturated rings. The van der Waals surface area contributed by atoms with E-state index in [9.17, 15) is 4.79 Å². The zero-order valence-electron chi connectivity index (χ0n) is 11.7. The lowest BCUT2D eigenvalue weighted by molar-refractivity contribution is 0.0737. The summed E-state index contributed by atoms with van der Waals surface area (Å²) in [6.07, 6.45) is 3.43. The molecule has 1 saturated heterocycles. The standard InChI is InChI=1S/C14H22N4O/c1-17-8-5-13(10-17)18(2)14(19)11-4-7-16-12(9-11)3-6-15/h4,7,9,13H,3,5-6,8,10,15H2,1-2H3. The molecule has 1 atom stereocenters. The van der Waals surface area contributed by atoms with Crippen molar-refractivity contribution in [2.75, 3.05) is 33.7 Å². The number of nitrogens with two attached hydrogens (primary N) is 1. The Bertz CT molecular complexity index is 449. The van der Waals surface area contributed by atoms with Crippen molar-refractivity contribution in [2.45, 2.75) is 18.9 Å². The average Bonchev–Trinajstić information content (AvgIpc) is 2.84. The van der Waals surface area contributed by atoms with Crippen LogP contribution in [0.5, 0.6) is 0 Å². The minimum atomic E-state index is 0.0703. The van der Waals surface area contributed by atoms with Gasteiger partial charge in [-0.3, -0.25) is 9.78 Å². The summed E-state index contributed by atoms with van der Waals surface area (Å²) in [4.78, 5) is 20.8. The van der Waals surface area contributed by atoms with E-state index in [1.807, 2.05) is 18.0 Å². The summed E-state index contributed by atoms with van der Waals surface area (Å²) in [6, 6.07) is 3.94. The molecule has 0 saturated carbocycles. The second kappa shape index (κ2) is 6.12. The monoisotopic (exact) mass is 262 g/mol. The highest BCUT2D eigenvalue weighted by Crippen LogP contribution is 2.15. The van der Waals surface area contributed by atoms with Gasteiger partial charge in [-0.15, -0.1) is 0 Å². The highest BCUT2D eigenvalue weighted by molar-refractivity contribution is 5.94. The summed E-state index contributed by atoms with van der Waals surface area (Å²) in [5, 5.41) is 0. The number of hydrogen-bond acceptors (Lipinski definition) is 4. The Labute approximate surface area is 114 Å². The van der Waals surface area contributed by atoms with Crippen molar-refractivity contribution >= 4 is 5.91 Å². The summed E-state index contributed by atoms with van der Waals surface area (Å²) in [5.41, 5.74) is 7.10. The van der Waals surface area contributed by atoms with Crippen molar-refractivity contribution < 1.29 is 4.79 Å². The number of likely N-dealkylation sites (tertiary alicyclic amines) is 1. The van der Waals surface area contributed by atoms with Crippen LogP contribution in [0.1, 0.15) is 22.5 Å². The fraction of sp³-hybridized carbons (Fsp3) is 0.571. The molecule has 1 aliphatic rings. The summed E-state index contributed by atoms with van der Waals surface area (Å²) in [7, 11) is 3.97. The molecule has 2 heterocycles. The molecule has 0 bridgehead atoms. The van der Waals surface area contributed by atoms with Crippen molar-refractivity contribution in [1.29, 1.82) is 0 Å². The SMILES string of the molecule is CN1CCC(N(C)C(=O)c2ccnc(CCN)c2)C1. The van der Waals surface area contributed by atoms with Crippen LogP contribution in [-0.2, 0) is 6.42 Å². The molecule has 19 heavy (non-hydrogen) atoms. The van der Waals surface area contributed by atoms with Crippen LogP contribution in [0.25, 0.3) is 0 Å². The maximum atomic E-state index is 12.4. The van der Waals surface area contributed by atoms with Gasteiger partial charge in [-0.1, -0.05) is 0 Å². The predicted molar refractivity (Wildman–Crippen MR) is 75.0 cm³/mol. The molecule has 0 radical (unpaired) electrons. The van der Waals surface area contributed by atoms with Crippen molar-refractivity contribution in [3.8, 4) is 0 Å². The summed E-state index contributed by atoms with van der Waals surface area (Å²) < 4.78 is 0. The summed E-state index contributed by atoms with van der Waals surface area (Å²) in [5.74, 6) is 0.0703. The van der Waals surface area contributed by atoms with Crippen molar-refractivity contribution in [2.24, 2.45) is 5.73 Å². The van der Waals surface area contributed by atoms with Crippen LogP contribution in [0.4, 0.5) is 0 Å². The van der Waals surface area contributed by atoms with Crippen molar-refractivity contribution in [3.63, 3.8) is 0 Å². The van der Waals surface area contributed by atoms with Gasteiger partial charge in [-0.25, -0.2) is 0 Å². The highest BCUT2D eigenvalue weighted by Gasteiger charge is 2.27. The number of amides is 1. The molecule has 2 N–H and O–H groups in total. The third kappa shape index (κ3) is 3.30. The van der Waals surface area contributed by atoms with Crippen LogP contribution in [-0.4, -0.2) is 60.5 Å². The first-order valence-electron chi connectivity index (χ1n) is 6.72. The second-order valence-electron chi connectivity index (χ2n) is 5.20. The van der Waals surface area contributed by atoms with Gasteiger partial charge < -0.3 is 15.5 Å². The van der Waals surface area contributed by atoms with E-state index in [0.717, 1.165) is 25.2 Å². The van der Waals surface area contributed by atoms with Crippen LogP contribution < -0.4 is 5.73 Å². The fourth-order valence-corrected chi connectivity index (χ4v) is 2.49. The maximum absolute atomic E-state index is 12.4. The highest BCUT2D eigenvalue weighted by atomic mass is 16.2. The van der Waals surface area contributed by atoms with Gasteiger partial charge in [-0.05, 0) is 38.7 Å². The van der Waals surface area contributed by atoms with E-state index in [2.05, 4.69) is 16.9 Å². The van der Waals surface area contributed by atoms with Gasteiger partial charge in [0, 0.05) is 43.5 Å². The lowest BCUT2D eigenvalue weighted by atomic mass is 10.1. The molecule has 1 unspecified atom stereocenters. The molecule has 1 amide bonds. The molecule has 5 heteroatoms. The number of hydrogen-bond donors (Lipinski definition) is 1. The van der Waals surface area contributed by atoms with Crippen LogP contribution in [0.3, 0.4) is 0 Å². The largest absolute Gasteiger partial charge is 0.337 e. The molecule has 1 aliphatic heterocycles. The number of rotatable bonds is 4. The van der Waals surface area contributed by atoms with Gasteiger partial charge in [0.2, 0.25) is 0 Å². The number of pyridine rings is 1. The Morgan fingerprint density at radius 1 is 1.63 bits per heavy atom. The third-order valence-corrected chi connectivity index (χ3v) is 3.70. The quantitative estimate of drug-likeness (QED) is 0.851. The third-order valence-electron chi connectivity index (χ3n) is 3.70. The van der Waals surface area contributed by atoms with Gasteiger partial charge in [0.25, 0.3) is 5.91 Å². The first kappa shape index (κ1) is 14.0. The number of aromatic nitrogens is 1. The van der Waals surface area contributed by atoms with E-state index >= 15 is 0 Å². The van der Waals surface area contributed by atoms with Crippen molar-refractivity contribution in [3.05, 3.63) is 29.6 Å². The maximum Gasteiger partial charge on any atom is 0.254 e. The Balaban J connectivity index is 2.08. The van der Waals surface area contributed by atoms with E-state index in [4.69, 9.17) is 5.73 Å². The Morgan fingerprint density at radius 3 is 3.05 bits per heavy atom. The number of carbonyl (C=O) groups excluding carboxylic acids is 1. The lowest BCUT2D eigenvalue weighted by Crippen LogP contribution is -2.38. The van der Waals surface area contributed by atoms with Gasteiger partial charge in [0.05, 0.1) is 0 Å².